The molecule has 222 valence electrons. The summed E-state index contributed by atoms with van der Waals surface area (Å²) in [5, 5.41) is 0.553. The first-order chi connectivity index (χ1) is 19.0. The van der Waals surface area contributed by atoms with Crippen LogP contribution in [0, 0.1) is 5.82 Å². The van der Waals surface area contributed by atoms with E-state index in [0.717, 1.165) is 24.0 Å². The number of anilines is 1. The van der Waals surface area contributed by atoms with Gasteiger partial charge in [0, 0.05) is 24.4 Å². The van der Waals surface area contributed by atoms with Crippen molar-refractivity contribution in [1.29, 1.82) is 0 Å². The number of primary amides is 1. The lowest BCUT2D eigenvalue weighted by Gasteiger charge is -2.39. The van der Waals surface area contributed by atoms with Crippen LogP contribution in [0.2, 0.25) is 18.1 Å². The Kier molecular flexibility index (Phi) is 8.60. The van der Waals surface area contributed by atoms with Gasteiger partial charge in [0.1, 0.15) is 17.2 Å². The van der Waals surface area contributed by atoms with Crippen LogP contribution in [-0.4, -0.2) is 41.5 Å². The first-order valence-corrected chi connectivity index (χ1v) is 18.7. The number of rotatable bonds is 12. The predicted molar refractivity (Wildman–Crippen MR) is 165 cm³/mol. The van der Waals surface area contributed by atoms with Gasteiger partial charge in [-0.25, -0.2) is 12.8 Å². The van der Waals surface area contributed by atoms with Crippen LogP contribution in [0.5, 0.6) is 0 Å². The first kappa shape index (κ1) is 31.0. The molecule has 1 atom stereocenters. The number of nitrogens with two attached hydrogens (primary N) is 1. The third-order valence-corrected chi connectivity index (χ3v) is 13.9. The van der Waals surface area contributed by atoms with Crippen molar-refractivity contribution in [1.82, 2.24) is 0 Å². The summed E-state index contributed by atoms with van der Waals surface area (Å²) in [4.78, 5) is 12.6. The first-order valence-electron chi connectivity index (χ1n) is 13.9. The molecule has 0 radical (unpaired) electrons. The number of hydrogen-bond donors (Lipinski definition) is 1. The molecule has 1 aromatic heterocycles. The Balaban J connectivity index is 1.74. The van der Waals surface area contributed by atoms with Crippen molar-refractivity contribution in [2.75, 3.05) is 17.1 Å². The zero-order valence-electron chi connectivity index (χ0n) is 24.8. The van der Waals surface area contributed by atoms with E-state index >= 15 is 0 Å². The van der Waals surface area contributed by atoms with Crippen LogP contribution in [0.4, 0.5) is 10.1 Å². The van der Waals surface area contributed by atoms with Crippen molar-refractivity contribution in [3.8, 4) is 0 Å². The second-order valence-corrected chi connectivity index (χ2v) is 19.2. The van der Waals surface area contributed by atoms with Gasteiger partial charge in [-0.1, -0.05) is 39.0 Å². The highest BCUT2D eigenvalue weighted by Gasteiger charge is 2.39. The molecule has 2 N–H and O–H groups in total. The van der Waals surface area contributed by atoms with E-state index in [-0.39, 0.29) is 41.4 Å². The maximum absolute atomic E-state index is 13.4. The summed E-state index contributed by atoms with van der Waals surface area (Å²) in [6, 6.07) is 9.52. The molecule has 0 aliphatic heterocycles. The summed E-state index contributed by atoms with van der Waals surface area (Å²) in [5.41, 5.74) is 8.58. The van der Waals surface area contributed by atoms with Gasteiger partial charge in [-0.15, -0.1) is 6.58 Å². The van der Waals surface area contributed by atoms with Crippen molar-refractivity contribution >= 4 is 40.9 Å². The molecule has 41 heavy (non-hydrogen) atoms. The Hall–Kier alpha value is -2.95. The topological polar surface area (TPSA) is 103 Å². The molecule has 4 rings (SSSR count). The van der Waals surface area contributed by atoms with Gasteiger partial charge < -0.3 is 14.6 Å². The van der Waals surface area contributed by atoms with E-state index in [1.807, 2.05) is 6.07 Å². The van der Waals surface area contributed by atoms with Gasteiger partial charge in [0.25, 0.3) is 5.91 Å². The summed E-state index contributed by atoms with van der Waals surface area (Å²) in [5.74, 6) is -0.458. The van der Waals surface area contributed by atoms with Gasteiger partial charge in [-0.3, -0.25) is 9.10 Å². The van der Waals surface area contributed by atoms with Crippen molar-refractivity contribution in [3.63, 3.8) is 0 Å². The molecule has 1 aliphatic rings. The average molecular weight is 601 g/mol. The van der Waals surface area contributed by atoms with Crippen LogP contribution in [0.1, 0.15) is 73.2 Å². The average Bonchev–Trinajstić information content (AvgIpc) is 3.63. The van der Waals surface area contributed by atoms with Crippen molar-refractivity contribution in [3.05, 3.63) is 77.3 Å². The Labute approximate surface area is 243 Å². The minimum atomic E-state index is -3.68. The van der Waals surface area contributed by atoms with E-state index in [9.17, 15) is 17.6 Å². The quantitative estimate of drug-likeness (QED) is 0.181. The Morgan fingerprint density at radius 2 is 1.88 bits per heavy atom. The molecule has 0 bridgehead atoms. The summed E-state index contributed by atoms with van der Waals surface area (Å²) in [6.45, 7) is 15.0. The Bertz CT molecular complexity index is 1550. The Morgan fingerprint density at radius 3 is 2.39 bits per heavy atom. The van der Waals surface area contributed by atoms with Gasteiger partial charge in [-0.2, -0.15) is 0 Å². The Morgan fingerprint density at radius 1 is 1.24 bits per heavy atom. The zero-order valence-corrected chi connectivity index (χ0v) is 26.6. The third kappa shape index (κ3) is 6.93. The van der Waals surface area contributed by atoms with Crippen molar-refractivity contribution < 1.29 is 26.4 Å². The highest BCUT2D eigenvalue weighted by Crippen LogP contribution is 2.47. The second-order valence-electron chi connectivity index (χ2n) is 12.5. The van der Waals surface area contributed by atoms with Crippen LogP contribution in [-0.2, 0) is 20.9 Å². The number of hydrogen-bond acceptors (Lipinski definition) is 5. The maximum Gasteiger partial charge on any atom is 0.252 e. The molecule has 1 amide bonds. The summed E-state index contributed by atoms with van der Waals surface area (Å²) < 4.78 is 53.9. The van der Waals surface area contributed by atoms with Crippen LogP contribution in [0.25, 0.3) is 11.0 Å². The van der Waals surface area contributed by atoms with Crippen LogP contribution in [0.3, 0.4) is 0 Å². The van der Waals surface area contributed by atoms with Gasteiger partial charge in [0.2, 0.25) is 10.0 Å². The van der Waals surface area contributed by atoms with E-state index in [4.69, 9.17) is 14.6 Å². The SMILES string of the molecule is C=CC(CCN(c1cc2oc(Cc3ccc(F)cc3)c(C(N)=O)c2cc1C1CC1)S(C)(=O)=O)O[Si](C)(C)C(C)(C)C. The summed E-state index contributed by atoms with van der Waals surface area (Å²) in [6.07, 6.45) is 5.16. The molecule has 10 heteroatoms. The molecular formula is C31H41FN2O5SSi. The molecule has 3 aromatic rings. The molecular weight excluding hydrogens is 560 g/mol. The van der Waals surface area contributed by atoms with Gasteiger partial charge >= 0.3 is 0 Å². The van der Waals surface area contributed by atoms with Gasteiger partial charge in [0.05, 0.1) is 23.6 Å². The highest BCUT2D eigenvalue weighted by atomic mass is 32.2. The lowest BCUT2D eigenvalue weighted by atomic mass is 10.0. The number of carbonyl (C=O) groups is 1. The molecule has 2 aromatic carbocycles. The number of fused-ring (bicyclic) bond motifs is 1. The van der Waals surface area contributed by atoms with E-state index in [1.54, 1.807) is 24.3 Å². The minimum absolute atomic E-state index is 0.00198. The fraction of sp³-hybridized carbons (Fsp3) is 0.452. The van der Waals surface area contributed by atoms with E-state index in [2.05, 4.69) is 40.4 Å². The fourth-order valence-electron chi connectivity index (χ4n) is 4.81. The molecule has 0 spiro atoms. The van der Waals surface area contributed by atoms with E-state index in [0.29, 0.717) is 28.8 Å². The number of nitrogens with zero attached hydrogens (tertiary/aromatic N) is 1. The monoisotopic (exact) mass is 600 g/mol. The van der Waals surface area contributed by atoms with Crippen LogP contribution in [0.15, 0.2) is 53.5 Å². The fourth-order valence-corrected chi connectivity index (χ4v) is 7.09. The smallest absolute Gasteiger partial charge is 0.252 e. The predicted octanol–water partition coefficient (Wildman–Crippen LogP) is 6.87. The normalized spacial score (nSPS) is 15.2. The molecule has 1 saturated carbocycles. The van der Waals surface area contributed by atoms with Gasteiger partial charge in [0.15, 0.2) is 8.32 Å². The number of carbonyl (C=O) groups excluding carboxylic acids is 1. The summed E-state index contributed by atoms with van der Waals surface area (Å²) >= 11 is 0. The third-order valence-electron chi connectivity index (χ3n) is 8.25. The maximum atomic E-state index is 13.4. The second kappa shape index (κ2) is 11.4. The number of benzene rings is 2. The molecule has 7 nitrogen and oxygen atoms in total. The molecule has 1 unspecified atom stereocenters. The number of halogens is 1. The number of amides is 1. The molecule has 1 aliphatic carbocycles. The highest BCUT2D eigenvalue weighted by molar-refractivity contribution is 7.92. The van der Waals surface area contributed by atoms with Gasteiger partial charge in [-0.05, 0) is 72.6 Å². The molecule has 1 fully saturated rings. The lowest BCUT2D eigenvalue weighted by molar-refractivity contribution is 0.1000. The minimum Gasteiger partial charge on any atom is -0.460 e. The standard InChI is InChI=1S/C31H41FN2O5SSi/c1-8-23(39-41(6,7)31(2,3)4)15-16-34(40(5,36)37)26-19-27-25(18-24(26)21-11-12-21)29(30(33)35)28(38-27)17-20-9-13-22(32)14-10-20/h8-10,13-14,18-19,21,23H,1,11-12,15-17H2,2-7H3,(H2,33,35). The van der Waals surface area contributed by atoms with Crippen molar-refractivity contribution in [2.24, 2.45) is 5.73 Å². The van der Waals surface area contributed by atoms with E-state index in [1.165, 1.54) is 22.7 Å². The van der Waals surface area contributed by atoms with Crippen molar-refractivity contribution in [2.45, 2.75) is 76.6 Å². The van der Waals surface area contributed by atoms with Crippen LogP contribution < -0.4 is 10.0 Å². The number of furan rings is 1. The van der Waals surface area contributed by atoms with Crippen LogP contribution >= 0.6 is 0 Å². The zero-order chi connectivity index (χ0) is 30.3. The lowest BCUT2D eigenvalue weighted by Crippen LogP contribution is -2.44. The molecule has 1 heterocycles. The number of sulfonamides is 1. The molecule has 0 saturated heterocycles. The largest absolute Gasteiger partial charge is 0.460 e. The van der Waals surface area contributed by atoms with E-state index < -0.39 is 24.2 Å². The summed E-state index contributed by atoms with van der Waals surface area (Å²) in [7, 11) is -5.79.